The smallest absolute Gasteiger partial charge is 0.326 e. The quantitative estimate of drug-likeness (QED) is 0.0494. The molecule has 15 heteroatoms. The second-order valence-electron chi connectivity index (χ2n) is 8.70. The van der Waals surface area contributed by atoms with Crippen molar-refractivity contribution in [3.8, 4) is 0 Å². The number of unbranched alkanes of at least 4 members (excludes halogenated alkanes) is 1. The second-order valence-corrected chi connectivity index (χ2v) is 8.70. The van der Waals surface area contributed by atoms with Crippen molar-refractivity contribution in [2.24, 2.45) is 39.6 Å². The fraction of sp³-hybridized carbons (Fsp3) is 0.714. The number of amides is 4. The van der Waals surface area contributed by atoms with Crippen LogP contribution in [0.2, 0.25) is 0 Å². The van der Waals surface area contributed by atoms with E-state index < -0.39 is 66.1 Å². The van der Waals surface area contributed by atoms with Crippen molar-refractivity contribution >= 4 is 35.6 Å². The van der Waals surface area contributed by atoms with E-state index in [0.717, 1.165) is 0 Å². The van der Waals surface area contributed by atoms with Crippen molar-refractivity contribution in [3.63, 3.8) is 0 Å². The highest BCUT2D eigenvalue weighted by atomic mass is 16.4. The predicted molar refractivity (Wildman–Crippen MR) is 133 cm³/mol. The van der Waals surface area contributed by atoms with Crippen LogP contribution in [0.1, 0.15) is 52.4 Å². The number of nitrogens with two attached hydrogens (primary N) is 5. The summed E-state index contributed by atoms with van der Waals surface area (Å²) >= 11 is 0. The zero-order valence-electron chi connectivity index (χ0n) is 20.9. The number of primary amides is 1. The average molecular weight is 516 g/mol. The van der Waals surface area contributed by atoms with Crippen molar-refractivity contribution in [1.29, 1.82) is 0 Å². The van der Waals surface area contributed by atoms with Gasteiger partial charge in [0.05, 0.1) is 12.5 Å². The second kappa shape index (κ2) is 17.0. The monoisotopic (exact) mass is 515 g/mol. The molecule has 4 amide bonds. The molecule has 0 aromatic heterocycles. The summed E-state index contributed by atoms with van der Waals surface area (Å²) in [6.07, 6.45) is 1.44. The molecule has 14 N–H and O–H groups in total. The lowest BCUT2D eigenvalue weighted by atomic mass is 10.0. The van der Waals surface area contributed by atoms with Crippen LogP contribution in [0.5, 0.6) is 0 Å². The lowest BCUT2D eigenvalue weighted by Crippen LogP contribution is -2.58. The van der Waals surface area contributed by atoms with Gasteiger partial charge in [-0.2, -0.15) is 0 Å². The molecule has 0 aromatic rings. The first-order valence-corrected chi connectivity index (χ1v) is 11.7. The van der Waals surface area contributed by atoms with E-state index in [4.69, 9.17) is 28.7 Å². The third-order valence-electron chi connectivity index (χ3n) is 5.15. The molecule has 206 valence electrons. The fourth-order valence-electron chi connectivity index (χ4n) is 3.14. The van der Waals surface area contributed by atoms with Gasteiger partial charge in [-0.1, -0.05) is 20.3 Å². The Morgan fingerprint density at radius 3 is 1.92 bits per heavy atom. The molecular formula is C21H41N9O6. The molecule has 0 aliphatic heterocycles. The summed E-state index contributed by atoms with van der Waals surface area (Å²) < 4.78 is 0. The molecule has 0 saturated heterocycles. The van der Waals surface area contributed by atoms with Crippen LogP contribution < -0.4 is 44.6 Å². The summed E-state index contributed by atoms with van der Waals surface area (Å²) in [4.78, 5) is 65.1. The molecule has 0 aliphatic carbocycles. The maximum absolute atomic E-state index is 13.0. The van der Waals surface area contributed by atoms with Crippen LogP contribution in [0.3, 0.4) is 0 Å². The number of carboxylic acids is 1. The first kappa shape index (κ1) is 32.5. The number of nitrogens with zero attached hydrogens (tertiary/aromatic N) is 1. The van der Waals surface area contributed by atoms with Crippen molar-refractivity contribution in [1.82, 2.24) is 16.0 Å². The van der Waals surface area contributed by atoms with E-state index in [1.54, 1.807) is 13.8 Å². The van der Waals surface area contributed by atoms with Gasteiger partial charge in [0.1, 0.15) is 18.1 Å². The first-order chi connectivity index (χ1) is 16.8. The number of carbonyl (C=O) groups excluding carboxylic acids is 4. The third-order valence-corrected chi connectivity index (χ3v) is 5.15. The molecule has 0 heterocycles. The number of aliphatic imine (C=N–C) groups is 1. The Kier molecular flexibility index (Phi) is 15.4. The number of nitrogens with one attached hydrogen (secondary N) is 3. The minimum absolute atomic E-state index is 0.0819. The highest BCUT2D eigenvalue weighted by molar-refractivity contribution is 5.96. The molecule has 15 nitrogen and oxygen atoms in total. The van der Waals surface area contributed by atoms with Crippen LogP contribution in [-0.2, 0) is 24.0 Å². The Morgan fingerprint density at radius 1 is 0.833 bits per heavy atom. The summed E-state index contributed by atoms with van der Waals surface area (Å²) in [5.74, 6) is -5.08. The Labute approximate surface area is 210 Å². The lowest BCUT2D eigenvalue weighted by molar-refractivity contribution is -0.143. The zero-order valence-corrected chi connectivity index (χ0v) is 20.9. The maximum atomic E-state index is 13.0. The predicted octanol–water partition coefficient (Wildman–Crippen LogP) is -3.43. The summed E-state index contributed by atoms with van der Waals surface area (Å²) in [6.45, 7) is 3.79. The van der Waals surface area contributed by atoms with E-state index >= 15 is 0 Å². The van der Waals surface area contributed by atoms with Gasteiger partial charge < -0.3 is 49.7 Å². The van der Waals surface area contributed by atoms with Gasteiger partial charge in [-0.25, -0.2) is 4.79 Å². The topological polar surface area (TPSA) is 284 Å². The van der Waals surface area contributed by atoms with Gasteiger partial charge in [0.15, 0.2) is 5.96 Å². The van der Waals surface area contributed by atoms with Gasteiger partial charge in [0.25, 0.3) is 0 Å². The van der Waals surface area contributed by atoms with E-state index in [1.807, 2.05) is 0 Å². The number of hydrogen-bond donors (Lipinski definition) is 9. The highest BCUT2D eigenvalue weighted by Gasteiger charge is 2.32. The van der Waals surface area contributed by atoms with Crippen LogP contribution >= 0.6 is 0 Å². The van der Waals surface area contributed by atoms with E-state index in [2.05, 4.69) is 20.9 Å². The van der Waals surface area contributed by atoms with E-state index in [0.29, 0.717) is 32.2 Å². The van der Waals surface area contributed by atoms with Crippen LogP contribution in [-0.4, -0.2) is 77.9 Å². The van der Waals surface area contributed by atoms with Crippen molar-refractivity contribution < 1.29 is 29.1 Å². The van der Waals surface area contributed by atoms with E-state index in [9.17, 15) is 29.1 Å². The summed E-state index contributed by atoms with van der Waals surface area (Å²) in [5, 5.41) is 16.5. The number of carboxylic acid groups (broad SMARTS) is 1. The molecule has 0 saturated carbocycles. The van der Waals surface area contributed by atoms with Crippen molar-refractivity contribution in [3.05, 3.63) is 0 Å². The molecule has 0 rings (SSSR count). The molecule has 0 aromatic carbocycles. The van der Waals surface area contributed by atoms with Gasteiger partial charge in [0.2, 0.25) is 23.6 Å². The minimum atomic E-state index is -1.47. The molecule has 0 radical (unpaired) electrons. The Balaban J connectivity index is 5.57. The molecule has 0 aliphatic rings. The molecule has 4 atom stereocenters. The molecule has 0 spiro atoms. The fourth-order valence-corrected chi connectivity index (χ4v) is 3.14. The van der Waals surface area contributed by atoms with Crippen molar-refractivity contribution in [2.75, 3.05) is 13.1 Å². The summed E-state index contributed by atoms with van der Waals surface area (Å²) in [7, 11) is 0. The number of hydrogen-bond acceptors (Lipinski definition) is 8. The van der Waals surface area contributed by atoms with Gasteiger partial charge in [-0.05, 0) is 38.1 Å². The summed E-state index contributed by atoms with van der Waals surface area (Å²) in [5.41, 5.74) is 27.2. The number of carbonyl (C=O) groups is 5. The van der Waals surface area contributed by atoms with Gasteiger partial charge >= 0.3 is 5.97 Å². The Morgan fingerprint density at radius 2 is 1.42 bits per heavy atom. The van der Waals surface area contributed by atoms with Crippen LogP contribution in [0.15, 0.2) is 4.99 Å². The Bertz CT molecular complexity index is 786. The number of rotatable bonds is 18. The van der Waals surface area contributed by atoms with Crippen molar-refractivity contribution in [2.45, 2.75) is 76.5 Å². The minimum Gasteiger partial charge on any atom is -0.480 e. The molecule has 0 bridgehead atoms. The van der Waals surface area contributed by atoms with E-state index in [-0.39, 0.29) is 18.9 Å². The molecular weight excluding hydrogens is 474 g/mol. The molecule has 36 heavy (non-hydrogen) atoms. The maximum Gasteiger partial charge on any atom is 0.326 e. The van der Waals surface area contributed by atoms with E-state index in [1.165, 1.54) is 0 Å². The van der Waals surface area contributed by atoms with Gasteiger partial charge in [0, 0.05) is 6.54 Å². The number of aliphatic carboxylic acids is 1. The van der Waals surface area contributed by atoms with Crippen LogP contribution in [0, 0.1) is 5.92 Å². The summed E-state index contributed by atoms with van der Waals surface area (Å²) in [6, 6.07) is -4.76. The normalized spacial score (nSPS) is 14.1. The highest BCUT2D eigenvalue weighted by Crippen LogP contribution is 2.06. The standard InChI is InChI=1S/C21H41N9O6/c1-11(2)16(20(35)36)30-19(34)14(10-15(24)31)29-18(33)13(7-5-9-27-21(25)26)28-17(32)12(23)6-3-4-8-22/h11-14,16H,3-10,22-23H2,1-2H3,(H2,24,31)(H,28,32)(H,29,33)(H,30,34)(H,35,36)(H4,25,26,27)/t12-,13-,14-,16-/m0/s1. The van der Waals surface area contributed by atoms with Crippen LogP contribution in [0.25, 0.3) is 0 Å². The molecule has 0 unspecified atom stereocenters. The number of guanidine groups is 1. The third kappa shape index (κ3) is 13.4. The van der Waals surface area contributed by atoms with Gasteiger partial charge in [-0.3, -0.25) is 24.2 Å². The molecule has 0 fully saturated rings. The zero-order chi connectivity index (χ0) is 27.8. The average Bonchev–Trinajstić information content (AvgIpc) is 2.77. The first-order valence-electron chi connectivity index (χ1n) is 11.7. The lowest BCUT2D eigenvalue weighted by Gasteiger charge is -2.25. The SMILES string of the molecule is CC(C)[C@H](NC(=O)[C@H](CC(N)=O)NC(=O)[C@H](CCCN=C(N)N)NC(=O)[C@@H](N)CCCCN)C(=O)O. The Hall–Kier alpha value is -3.46. The van der Waals surface area contributed by atoms with Gasteiger partial charge in [-0.15, -0.1) is 0 Å². The van der Waals surface area contributed by atoms with Crippen LogP contribution in [0.4, 0.5) is 0 Å². The largest absolute Gasteiger partial charge is 0.480 e.